The molecule has 0 amide bonds. The van der Waals surface area contributed by atoms with Crippen LogP contribution in [0.1, 0.15) is 5.69 Å². The Kier molecular flexibility index (Phi) is 4.63. The van der Waals surface area contributed by atoms with Crippen LogP contribution in [0.15, 0.2) is 34.8 Å². The predicted octanol–water partition coefficient (Wildman–Crippen LogP) is 3.39. The van der Waals surface area contributed by atoms with Gasteiger partial charge in [-0.2, -0.15) is 5.10 Å². The Balaban J connectivity index is 2.12. The van der Waals surface area contributed by atoms with Gasteiger partial charge in [0.25, 0.3) is 0 Å². The minimum atomic E-state index is -4.76. The summed E-state index contributed by atoms with van der Waals surface area (Å²) in [4.78, 5) is 0. The number of ether oxygens (including phenoxy) is 2. The Morgan fingerprint density at radius 1 is 1.14 bits per heavy atom. The number of alkyl halides is 3. The SMILES string of the molecule is NCc1ccc(Oc2ccc(OC(F)(F)F)c(Br)c2)nn1. The molecule has 9 heteroatoms. The van der Waals surface area contributed by atoms with Crippen molar-refractivity contribution in [2.75, 3.05) is 0 Å². The second kappa shape index (κ2) is 6.27. The van der Waals surface area contributed by atoms with Crippen LogP contribution in [0.25, 0.3) is 0 Å². The van der Waals surface area contributed by atoms with Crippen molar-refractivity contribution in [2.45, 2.75) is 12.9 Å². The molecule has 1 aromatic heterocycles. The van der Waals surface area contributed by atoms with Crippen LogP contribution in [0.5, 0.6) is 17.4 Å². The first-order valence-electron chi connectivity index (χ1n) is 5.63. The van der Waals surface area contributed by atoms with Crippen LogP contribution in [0, 0.1) is 0 Å². The molecule has 2 rings (SSSR count). The standard InChI is InChI=1S/C12H9BrF3N3O2/c13-9-5-8(2-3-10(9)21-12(14,15)16)20-11-4-1-7(6-17)18-19-11/h1-5H,6,17H2. The lowest BCUT2D eigenvalue weighted by molar-refractivity contribution is -0.274. The van der Waals surface area contributed by atoms with Gasteiger partial charge in [-0.15, -0.1) is 18.3 Å². The summed E-state index contributed by atoms with van der Waals surface area (Å²) >= 11 is 2.98. The zero-order valence-corrected chi connectivity index (χ0v) is 12.0. The third kappa shape index (κ3) is 4.57. The number of hydrogen-bond donors (Lipinski definition) is 1. The Labute approximate surface area is 126 Å². The Hall–Kier alpha value is -1.87. The molecular formula is C12H9BrF3N3O2. The van der Waals surface area contributed by atoms with Gasteiger partial charge in [-0.05, 0) is 40.2 Å². The monoisotopic (exact) mass is 363 g/mol. The first kappa shape index (κ1) is 15.5. The molecule has 2 aromatic rings. The van der Waals surface area contributed by atoms with Crippen molar-refractivity contribution >= 4 is 15.9 Å². The number of rotatable bonds is 4. The first-order chi connectivity index (χ1) is 9.87. The number of aromatic nitrogens is 2. The van der Waals surface area contributed by atoms with E-state index in [1.54, 1.807) is 12.1 Å². The lowest BCUT2D eigenvalue weighted by Gasteiger charge is -2.11. The highest BCUT2D eigenvalue weighted by Crippen LogP contribution is 2.34. The van der Waals surface area contributed by atoms with Gasteiger partial charge in [-0.1, -0.05) is 0 Å². The van der Waals surface area contributed by atoms with Crippen LogP contribution in [0.4, 0.5) is 13.2 Å². The lowest BCUT2D eigenvalue weighted by atomic mass is 10.3. The Morgan fingerprint density at radius 2 is 1.90 bits per heavy atom. The van der Waals surface area contributed by atoms with Gasteiger partial charge in [0.2, 0.25) is 5.88 Å². The van der Waals surface area contributed by atoms with Crippen molar-refractivity contribution in [1.29, 1.82) is 0 Å². The number of hydrogen-bond acceptors (Lipinski definition) is 5. The largest absolute Gasteiger partial charge is 0.573 e. The van der Waals surface area contributed by atoms with Crippen molar-refractivity contribution in [2.24, 2.45) is 5.73 Å². The van der Waals surface area contributed by atoms with E-state index in [2.05, 4.69) is 30.9 Å². The van der Waals surface area contributed by atoms with Crippen LogP contribution in [0.2, 0.25) is 0 Å². The van der Waals surface area contributed by atoms with E-state index in [0.29, 0.717) is 5.69 Å². The highest BCUT2D eigenvalue weighted by atomic mass is 79.9. The van der Waals surface area contributed by atoms with Gasteiger partial charge in [-0.3, -0.25) is 0 Å². The summed E-state index contributed by atoms with van der Waals surface area (Å²) in [5.41, 5.74) is 5.98. The molecule has 0 unspecified atom stereocenters. The predicted molar refractivity (Wildman–Crippen MR) is 70.8 cm³/mol. The molecule has 2 N–H and O–H groups in total. The molecule has 1 heterocycles. The van der Waals surface area contributed by atoms with Crippen molar-refractivity contribution in [3.05, 3.63) is 40.5 Å². The minimum absolute atomic E-state index is 0.101. The molecule has 0 saturated carbocycles. The van der Waals surface area contributed by atoms with E-state index >= 15 is 0 Å². The highest BCUT2D eigenvalue weighted by molar-refractivity contribution is 9.10. The first-order valence-corrected chi connectivity index (χ1v) is 6.42. The quantitative estimate of drug-likeness (QED) is 0.901. The summed E-state index contributed by atoms with van der Waals surface area (Å²) in [6.07, 6.45) is -4.76. The van der Waals surface area contributed by atoms with E-state index in [-0.39, 0.29) is 28.4 Å². The van der Waals surface area contributed by atoms with Gasteiger partial charge in [0.15, 0.2) is 0 Å². The maximum absolute atomic E-state index is 12.1. The molecule has 0 aliphatic carbocycles. The van der Waals surface area contributed by atoms with Crippen LogP contribution >= 0.6 is 15.9 Å². The van der Waals surface area contributed by atoms with E-state index in [0.717, 1.165) is 6.07 Å². The lowest BCUT2D eigenvalue weighted by Crippen LogP contribution is -2.17. The molecule has 0 fully saturated rings. The molecule has 112 valence electrons. The molecule has 0 bridgehead atoms. The third-order valence-electron chi connectivity index (χ3n) is 2.26. The average molecular weight is 364 g/mol. The molecule has 0 radical (unpaired) electrons. The summed E-state index contributed by atoms with van der Waals surface area (Å²) in [7, 11) is 0. The van der Waals surface area contributed by atoms with Gasteiger partial charge >= 0.3 is 6.36 Å². The molecule has 0 saturated heterocycles. The molecule has 0 spiro atoms. The average Bonchev–Trinajstić information content (AvgIpc) is 2.41. The second-order valence-electron chi connectivity index (χ2n) is 3.81. The maximum atomic E-state index is 12.1. The molecule has 21 heavy (non-hydrogen) atoms. The van der Waals surface area contributed by atoms with E-state index in [9.17, 15) is 13.2 Å². The normalized spacial score (nSPS) is 11.3. The van der Waals surface area contributed by atoms with Gasteiger partial charge in [0, 0.05) is 12.6 Å². The van der Waals surface area contributed by atoms with E-state index in [1.165, 1.54) is 12.1 Å². The minimum Gasteiger partial charge on any atom is -0.437 e. The summed E-state index contributed by atoms with van der Waals surface area (Å²) in [6.45, 7) is 0.252. The summed E-state index contributed by atoms with van der Waals surface area (Å²) in [5, 5.41) is 7.57. The summed E-state index contributed by atoms with van der Waals surface area (Å²) in [6, 6.07) is 6.99. The maximum Gasteiger partial charge on any atom is 0.573 e. The Morgan fingerprint density at radius 3 is 2.43 bits per heavy atom. The van der Waals surface area contributed by atoms with Gasteiger partial charge < -0.3 is 15.2 Å². The van der Waals surface area contributed by atoms with Crippen molar-refractivity contribution in [1.82, 2.24) is 10.2 Å². The smallest absolute Gasteiger partial charge is 0.437 e. The van der Waals surface area contributed by atoms with Gasteiger partial charge in [-0.25, -0.2) is 0 Å². The molecule has 1 aromatic carbocycles. The molecule has 0 aliphatic rings. The third-order valence-corrected chi connectivity index (χ3v) is 2.88. The second-order valence-corrected chi connectivity index (χ2v) is 4.66. The van der Waals surface area contributed by atoms with E-state index < -0.39 is 6.36 Å². The van der Waals surface area contributed by atoms with Crippen molar-refractivity contribution in [3.8, 4) is 17.4 Å². The zero-order valence-electron chi connectivity index (χ0n) is 10.4. The molecule has 0 atom stereocenters. The number of nitrogens with two attached hydrogens (primary N) is 1. The fraction of sp³-hybridized carbons (Fsp3) is 0.167. The van der Waals surface area contributed by atoms with E-state index in [4.69, 9.17) is 10.5 Å². The fourth-order valence-electron chi connectivity index (χ4n) is 1.38. The van der Waals surface area contributed by atoms with Crippen LogP contribution in [0.3, 0.4) is 0 Å². The summed E-state index contributed by atoms with van der Waals surface area (Å²) < 4.78 is 45.7. The molecule has 5 nitrogen and oxygen atoms in total. The topological polar surface area (TPSA) is 70.3 Å². The zero-order chi connectivity index (χ0) is 15.5. The fourth-order valence-corrected chi connectivity index (χ4v) is 1.82. The molecular weight excluding hydrogens is 355 g/mol. The van der Waals surface area contributed by atoms with E-state index in [1.807, 2.05) is 0 Å². The van der Waals surface area contributed by atoms with Crippen molar-refractivity contribution in [3.63, 3.8) is 0 Å². The van der Waals surface area contributed by atoms with Crippen molar-refractivity contribution < 1.29 is 22.6 Å². The number of benzene rings is 1. The van der Waals surface area contributed by atoms with Crippen LogP contribution in [-0.4, -0.2) is 16.6 Å². The van der Waals surface area contributed by atoms with Gasteiger partial charge in [0.05, 0.1) is 10.2 Å². The van der Waals surface area contributed by atoms with Gasteiger partial charge in [0.1, 0.15) is 11.5 Å². The van der Waals surface area contributed by atoms with Crippen LogP contribution in [-0.2, 0) is 6.54 Å². The van der Waals surface area contributed by atoms with Crippen LogP contribution < -0.4 is 15.2 Å². The summed E-state index contributed by atoms with van der Waals surface area (Å²) in [5.74, 6) is 0.120. The number of nitrogens with zero attached hydrogens (tertiary/aromatic N) is 2. The molecule has 0 aliphatic heterocycles. The number of halogens is 4. The Bertz CT molecular complexity index is 620. The highest BCUT2D eigenvalue weighted by Gasteiger charge is 2.32.